The van der Waals surface area contributed by atoms with Crippen LogP contribution in [0.25, 0.3) is 22.5 Å². The maximum absolute atomic E-state index is 12.5. The molecule has 0 bridgehead atoms. The molecule has 1 amide bonds. The fourth-order valence-electron chi connectivity index (χ4n) is 3.66. The number of carbonyl (C=O) groups is 1. The van der Waals surface area contributed by atoms with Crippen molar-refractivity contribution in [1.82, 2.24) is 5.16 Å². The second kappa shape index (κ2) is 10.1. The summed E-state index contributed by atoms with van der Waals surface area (Å²) in [7, 11) is 0. The molecule has 2 N–H and O–H groups in total. The molecule has 3 aromatic carbocycles. The van der Waals surface area contributed by atoms with Crippen LogP contribution in [0.15, 0.2) is 95.7 Å². The first-order valence-corrected chi connectivity index (χ1v) is 11.0. The topological polar surface area (TPSA) is 84.6 Å². The molecule has 0 radical (unpaired) electrons. The molecule has 1 aromatic heterocycles. The van der Waals surface area contributed by atoms with Crippen molar-refractivity contribution < 1.29 is 19.2 Å². The van der Waals surface area contributed by atoms with Crippen molar-refractivity contribution in [3.63, 3.8) is 0 Å². The van der Waals surface area contributed by atoms with E-state index in [1.165, 1.54) is 0 Å². The number of rotatable bonds is 7. The summed E-state index contributed by atoms with van der Waals surface area (Å²) in [6.07, 6.45) is -0.538. The number of anilines is 1. The van der Waals surface area contributed by atoms with Crippen LogP contribution < -0.4 is 5.32 Å². The van der Waals surface area contributed by atoms with E-state index in [4.69, 9.17) is 9.26 Å². The van der Waals surface area contributed by atoms with Crippen molar-refractivity contribution in [1.29, 1.82) is 0 Å². The highest BCUT2D eigenvalue weighted by Crippen LogP contribution is 2.33. The van der Waals surface area contributed by atoms with E-state index < -0.39 is 12.2 Å². The van der Waals surface area contributed by atoms with Gasteiger partial charge < -0.3 is 14.4 Å². The van der Waals surface area contributed by atoms with Gasteiger partial charge in [-0.2, -0.15) is 0 Å². The van der Waals surface area contributed by atoms with Crippen LogP contribution in [-0.4, -0.2) is 16.4 Å². The molecule has 0 saturated carbocycles. The lowest BCUT2D eigenvalue weighted by Crippen LogP contribution is -2.16. The van der Waals surface area contributed by atoms with Crippen molar-refractivity contribution in [2.24, 2.45) is 0 Å². The molecule has 0 aliphatic carbocycles. The highest BCUT2D eigenvalue weighted by atomic mass is 16.6. The summed E-state index contributed by atoms with van der Waals surface area (Å²) in [5.74, 6) is 0.604. The number of aliphatic hydroxyl groups is 1. The average molecular weight is 455 g/mol. The standard InChI is InChI=1S/C28H26N2O4/c1-18(31)17-21-9-11-23(12-10-21)24-13-15-25(16-14-24)27-26(19(2)30-34-27)29-28(32)33-20(3)22-7-5-4-6-8-22/h4-16,20,31H,1,17H2,2-3H3,(H,29,32)/t20-/m1/s1. The second-order valence-electron chi connectivity index (χ2n) is 8.07. The average Bonchev–Trinajstić information content (AvgIpc) is 3.19. The number of hydrogen-bond acceptors (Lipinski definition) is 5. The Kier molecular flexibility index (Phi) is 6.78. The summed E-state index contributed by atoms with van der Waals surface area (Å²) in [4.78, 5) is 12.5. The van der Waals surface area contributed by atoms with Gasteiger partial charge in [-0.3, -0.25) is 5.32 Å². The molecule has 6 nitrogen and oxygen atoms in total. The summed E-state index contributed by atoms with van der Waals surface area (Å²) < 4.78 is 11.0. The van der Waals surface area contributed by atoms with Gasteiger partial charge in [0, 0.05) is 12.0 Å². The van der Waals surface area contributed by atoms with Gasteiger partial charge in [0.05, 0.1) is 5.76 Å². The van der Waals surface area contributed by atoms with Crippen LogP contribution in [0.2, 0.25) is 0 Å². The maximum atomic E-state index is 12.5. The number of ether oxygens (including phenoxy) is 1. The molecule has 0 unspecified atom stereocenters. The van der Waals surface area contributed by atoms with E-state index in [1.54, 1.807) is 6.92 Å². The number of amides is 1. The minimum Gasteiger partial charge on any atom is -0.513 e. The van der Waals surface area contributed by atoms with Crippen molar-refractivity contribution in [2.75, 3.05) is 5.32 Å². The third-order valence-corrected chi connectivity index (χ3v) is 5.49. The normalized spacial score (nSPS) is 11.6. The van der Waals surface area contributed by atoms with Crippen molar-refractivity contribution in [2.45, 2.75) is 26.4 Å². The summed E-state index contributed by atoms with van der Waals surface area (Å²) in [6.45, 7) is 7.12. The third kappa shape index (κ3) is 5.35. The second-order valence-corrected chi connectivity index (χ2v) is 8.07. The lowest BCUT2D eigenvalue weighted by Gasteiger charge is -2.14. The van der Waals surface area contributed by atoms with Gasteiger partial charge in [0.2, 0.25) is 0 Å². The Bertz CT molecular complexity index is 1280. The zero-order valence-electron chi connectivity index (χ0n) is 19.1. The molecule has 172 valence electrons. The molecule has 0 spiro atoms. The Morgan fingerprint density at radius 3 is 2.21 bits per heavy atom. The largest absolute Gasteiger partial charge is 0.513 e. The fourth-order valence-corrected chi connectivity index (χ4v) is 3.66. The lowest BCUT2D eigenvalue weighted by atomic mass is 10.0. The van der Waals surface area contributed by atoms with Gasteiger partial charge in [-0.15, -0.1) is 0 Å². The number of nitrogens with one attached hydrogen (secondary N) is 1. The van der Waals surface area contributed by atoms with Crippen LogP contribution in [0.4, 0.5) is 10.5 Å². The number of nitrogens with zero attached hydrogens (tertiary/aromatic N) is 1. The summed E-state index contributed by atoms with van der Waals surface area (Å²) in [5.41, 5.74) is 5.79. The molecule has 0 fully saturated rings. The number of aliphatic hydroxyl groups excluding tert-OH is 1. The predicted octanol–water partition coefficient (Wildman–Crippen LogP) is 7.24. The number of allylic oxidation sites excluding steroid dienone is 1. The summed E-state index contributed by atoms with van der Waals surface area (Å²) in [6, 6.07) is 25.3. The fraction of sp³-hybridized carbons (Fsp3) is 0.143. The number of carbonyl (C=O) groups excluding carboxylic acids is 1. The molecule has 1 heterocycles. The SMILES string of the molecule is C=C(O)Cc1ccc(-c2ccc(-c3onc(C)c3NC(=O)O[C@H](C)c3ccccc3)cc2)cc1. The quantitative estimate of drug-likeness (QED) is 0.288. The van der Waals surface area contributed by atoms with Gasteiger partial charge in [-0.1, -0.05) is 90.6 Å². The Labute approximate surface area is 198 Å². The van der Waals surface area contributed by atoms with Gasteiger partial charge in [0.1, 0.15) is 17.5 Å². The lowest BCUT2D eigenvalue weighted by molar-refractivity contribution is 0.121. The van der Waals surface area contributed by atoms with Gasteiger partial charge in [-0.05, 0) is 36.1 Å². The molecule has 0 saturated heterocycles. The predicted molar refractivity (Wildman–Crippen MR) is 133 cm³/mol. The smallest absolute Gasteiger partial charge is 0.412 e. The van der Waals surface area contributed by atoms with Gasteiger partial charge in [-0.25, -0.2) is 4.79 Å². The van der Waals surface area contributed by atoms with Crippen molar-refractivity contribution >= 4 is 11.8 Å². The maximum Gasteiger partial charge on any atom is 0.412 e. The van der Waals surface area contributed by atoms with E-state index >= 15 is 0 Å². The van der Waals surface area contributed by atoms with Gasteiger partial charge in [0.25, 0.3) is 0 Å². The molecule has 34 heavy (non-hydrogen) atoms. The van der Waals surface area contributed by atoms with Crippen LogP contribution in [0, 0.1) is 6.92 Å². The van der Waals surface area contributed by atoms with E-state index in [-0.39, 0.29) is 5.76 Å². The van der Waals surface area contributed by atoms with E-state index in [9.17, 15) is 9.90 Å². The van der Waals surface area contributed by atoms with Crippen molar-refractivity contribution in [3.05, 3.63) is 108 Å². The van der Waals surface area contributed by atoms with Crippen LogP contribution in [0.3, 0.4) is 0 Å². The molecular weight excluding hydrogens is 428 g/mol. The van der Waals surface area contributed by atoms with E-state index in [0.29, 0.717) is 23.6 Å². The van der Waals surface area contributed by atoms with Crippen LogP contribution in [0.5, 0.6) is 0 Å². The first-order chi connectivity index (χ1) is 16.4. The zero-order chi connectivity index (χ0) is 24.1. The summed E-state index contributed by atoms with van der Waals surface area (Å²) >= 11 is 0. The highest BCUT2D eigenvalue weighted by molar-refractivity contribution is 5.91. The van der Waals surface area contributed by atoms with Crippen LogP contribution in [-0.2, 0) is 11.2 Å². The monoisotopic (exact) mass is 454 g/mol. The molecule has 6 heteroatoms. The van der Waals surface area contributed by atoms with Gasteiger partial charge in [0.15, 0.2) is 5.76 Å². The third-order valence-electron chi connectivity index (χ3n) is 5.49. The van der Waals surface area contributed by atoms with E-state index in [2.05, 4.69) is 17.1 Å². The zero-order valence-corrected chi connectivity index (χ0v) is 19.1. The molecular formula is C28H26N2O4. The Morgan fingerprint density at radius 1 is 1.00 bits per heavy atom. The van der Waals surface area contributed by atoms with Gasteiger partial charge >= 0.3 is 6.09 Å². The Morgan fingerprint density at radius 2 is 1.59 bits per heavy atom. The first-order valence-electron chi connectivity index (χ1n) is 11.0. The minimum atomic E-state index is -0.578. The summed E-state index contributed by atoms with van der Waals surface area (Å²) in [5, 5.41) is 16.2. The van der Waals surface area contributed by atoms with E-state index in [1.807, 2.05) is 85.8 Å². The molecule has 4 aromatic rings. The molecule has 0 aliphatic rings. The van der Waals surface area contributed by atoms with Crippen LogP contribution >= 0.6 is 0 Å². The van der Waals surface area contributed by atoms with E-state index in [0.717, 1.165) is 27.8 Å². The minimum absolute atomic E-state index is 0.141. The molecule has 0 aliphatic heterocycles. The number of aryl methyl sites for hydroxylation is 1. The Hall–Kier alpha value is -4.32. The highest BCUT2D eigenvalue weighted by Gasteiger charge is 2.20. The van der Waals surface area contributed by atoms with Crippen molar-refractivity contribution in [3.8, 4) is 22.5 Å². The number of aromatic nitrogens is 1. The molecule has 4 rings (SSSR count). The Balaban J connectivity index is 1.48. The number of hydrogen-bond donors (Lipinski definition) is 2. The first kappa shape index (κ1) is 22.9. The van der Waals surface area contributed by atoms with Crippen LogP contribution in [0.1, 0.15) is 29.8 Å². The molecule has 1 atom stereocenters. The number of benzene rings is 3.